The van der Waals surface area contributed by atoms with Gasteiger partial charge in [0.25, 0.3) is 0 Å². The van der Waals surface area contributed by atoms with Crippen LogP contribution < -0.4 is 0 Å². The Bertz CT molecular complexity index is 549. The van der Waals surface area contributed by atoms with E-state index in [1.807, 2.05) is 20.8 Å². The number of carbonyl (C=O) groups excluding carboxylic acids is 1. The second-order valence-electron chi connectivity index (χ2n) is 6.44. The summed E-state index contributed by atoms with van der Waals surface area (Å²) >= 11 is 0. The van der Waals surface area contributed by atoms with E-state index in [0.29, 0.717) is 19.5 Å². The molecule has 1 amide bonds. The molecule has 1 aromatic rings. The zero-order valence-corrected chi connectivity index (χ0v) is 13.2. The highest BCUT2D eigenvalue weighted by Gasteiger charge is 2.26. The standard InChI is InChI=1S/C14H22N4O4/c1-14(2,3)22-13(21)17-7-4-5-10(6-8-17)18-9-11(12(19)20)15-16-18/h9-10H,4-8H2,1-3H3,(H,19,20). The van der Waals surface area contributed by atoms with Crippen molar-refractivity contribution in [1.29, 1.82) is 0 Å². The summed E-state index contributed by atoms with van der Waals surface area (Å²) in [4.78, 5) is 24.6. The van der Waals surface area contributed by atoms with Crippen LogP contribution in [-0.4, -0.2) is 55.8 Å². The van der Waals surface area contributed by atoms with Gasteiger partial charge in [-0.05, 0) is 40.0 Å². The Morgan fingerprint density at radius 3 is 2.64 bits per heavy atom. The molecule has 22 heavy (non-hydrogen) atoms. The minimum absolute atomic E-state index is 0.0491. The maximum absolute atomic E-state index is 12.1. The summed E-state index contributed by atoms with van der Waals surface area (Å²) in [5.74, 6) is -1.09. The molecule has 1 unspecified atom stereocenters. The molecule has 1 saturated heterocycles. The second kappa shape index (κ2) is 6.33. The molecule has 0 spiro atoms. The summed E-state index contributed by atoms with van der Waals surface area (Å²) in [6, 6.07) is 0.0491. The molecule has 1 aromatic heterocycles. The van der Waals surface area contributed by atoms with Crippen LogP contribution >= 0.6 is 0 Å². The monoisotopic (exact) mass is 310 g/mol. The molecule has 0 radical (unpaired) electrons. The third-order valence-corrected chi connectivity index (χ3v) is 3.45. The number of hydrogen-bond acceptors (Lipinski definition) is 5. The van der Waals surface area contributed by atoms with E-state index in [2.05, 4.69) is 10.3 Å². The Morgan fingerprint density at radius 2 is 2.05 bits per heavy atom. The van der Waals surface area contributed by atoms with Crippen LogP contribution in [-0.2, 0) is 4.74 Å². The first-order valence-electron chi connectivity index (χ1n) is 7.39. The third kappa shape index (κ3) is 4.19. The number of hydrogen-bond donors (Lipinski definition) is 1. The van der Waals surface area contributed by atoms with Crippen molar-refractivity contribution in [2.45, 2.75) is 51.7 Å². The van der Waals surface area contributed by atoms with Crippen molar-refractivity contribution in [3.05, 3.63) is 11.9 Å². The van der Waals surface area contributed by atoms with Crippen molar-refractivity contribution in [2.75, 3.05) is 13.1 Å². The number of aromatic carboxylic acids is 1. The van der Waals surface area contributed by atoms with Crippen molar-refractivity contribution in [3.63, 3.8) is 0 Å². The summed E-state index contributed by atoms with van der Waals surface area (Å²) in [7, 11) is 0. The Balaban J connectivity index is 1.97. The zero-order chi connectivity index (χ0) is 16.3. The van der Waals surface area contributed by atoms with E-state index in [4.69, 9.17) is 9.84 Å². The lowest BCUT2D eigenvalue weighted by Gasteiger charge is -2.26. The number of ether oxygens (including phenoxy) is 1. The lowest BCUT2D eigenvalue weighted by molar-refractivity contribution is 0.0255. The van der Waals surface area contributed by atoms with Gasteiger partial charge in [0.1, 0.15) is 5.60 Å². The lowest BCUT2D eigenvalue weighted by atomic mass is 10.1. The van der Waals surface area contributed by atoms with E-state index < -0.39 is 11.6 Å². The van der Waals surface area contributed by atoms with Crippen LogP contribution in [0.3, 0.4) is 0 Å². The SMILES string of the molecule is CC(C)(C)OC(=O)N1CCCC(n2cc(C(=O)O)nn2)CC1. The van der Waals surface area contributed by atoms with Crippen LogP contribution in [0.4, 0.5) is 4.79 Å². The normalized spacial score (nSPS) is 19.6. The van der Waals surface area contributed by atoms with Gasteiger partial charge >= 0.3 is 12.1 Å². The topological polar surface area (TPSA) is 97.5 Å². The Morgan fingerprint density at radius 1 is 1.32 bits per heavy atom. The highest BCUT2D eigenvalue weighted by Crippen LogP contribution is 2.23. The molecule has 1 aliphatic heterocycles. The van der Waals surface area contributed by atoms with Gasteiger partial charge in [-0.25, -0.2) is 14.3 Å². The van der Waals surface area contributed by atoms with E-state index in [0.717, 1.165) is 12.8 Å². The number of carboxylic acids is 1. The lowest BCUT2D eigenvalue weighted by Crippen LogP contribution is -2.37. The number of carboxylic acid groups (broad SMARTS) is 1. The van der Waals surface area contributed by atoms with Gasteiger partial charge in [-0.3, -0.25) is 0 Å². The number of rotatable bonds is 2. The molecule has 1 N–H and O–H groups in total. The summed E-state index contributed by atoms with van der Waals surface area (Å²) < 4.78 is 6.97. The van der Waals surface area contributed by atoms with E-state index in [1.165, 1.54) is 6.20 Å². The predicted octanol–water partition coefficient (Wildman–Crippen LogP) is 1.94. The minimum atomic E-state index is -1.09. The van der Waals surface area contributed by atoms with Gasteiger partial charge in [0.15, 0.2) is 5.69 Å². The van der Waals surface area contributed by atoms with Crippen LogP contribution in [0.1, 0.15) is 56.6 Å². The fraction of sp³-hybridized carbons (Fsp3) is 0.714. The summed E-state index contributed by atoms with van der Waals surface area (Å²) in [5, 5.41) is 16.4. The van der Waals surface area contributed by atoms with E-state index in [9.17, 15) is 9.59 Å². The molecule has 0 saturated carbocycles. The highest BCUT2D eigenvalue weighted by atomic mass is 16.6. The van der Waals surface area contributed by atoms with E-state index >= 15 is 0 Å². The van der Waals surface area contributed by atoms with Gasteiger partial charge in [-0.2, -0.15) is 0 Å². The van der Waals surface area contributed by atoms with Crippen molar-refractivity contribution < 1.29 is 19.4 Å². The van der Waals surface area contributed by atoms with E-state index in [1.54, 1.807) is 9.58 Å². The Labute approximate surface area is 129 Å². The first kappa shape index (κ1) is 16.3. The van der Waals surface area contributed by atoms with Crippen molar-refractivity contribution in [2.24, 2.45) is 0 Å². The highest BCUT2D eigenvalue weighted by molar-refractivity contribution is 5.84. The van der Waals surface area contributed by atoms with Crippen LogP contribution in [0.25, 0.3) is 0 Å². The smallest absolute Gasteiger partial charge is 0.410 e. The molecule has 2 rings (SSSR count). The maximum Gasteiger partial charge on any atom is 0.410 e. The van der Waals surface area contributed by atoms with Crippen molar-refractivity contribution in [3.8, 4) is 0 Å². The first-order valence-corrected chi connectivity index (χ1v) is 7.39. The Hall–Kier alpha value is -2.12. The molecule has 122 valence electrons. The molecule has 1 atom stereocenters. The molecule has 0 aliphatic carbocycles. The summed E-state index contributed by atoms with van der Waals surface area (Å²) in [5.41, 5.74) is -0.571. The van der Waals surface area contributed by atoms with Crippen LogP contribution in [0.15, 0.2) is 6.20 Å². The summed E-state index contributed by atoms with van der Waals surface area (Å²) in [6.45, 7) is 6.71. The Kier molecular flexibility index (Phi) is 4.68. The van der Waals surface area contributed by atoms with E-state index in [-0.39, 0.29) is 17.8 Å². The van der Waals surface area contributed by atoms with Crippen LogP contribution in [0, 0.1) is 0 Å². The number of nitrogens with zero attached hydrogens (tertiary/aromatic N) is 4. The number of likely N-dealkylation sites (tertiary alicyclic amines) is 1. The van der Waals surface area contributed by atoms with Gasteiger partial charge < -0.3 is 14.7 Å². The van der Waals surface area contributed by atoms with Crippen molar-refractivity contribution in [1.82, 2.24) is 19.9 Å². The molecule has 0 aromatic carbocycles. The molecule has 0 bridgehead atoms. The van der Waals surface area contributed by atoms with Crippen LogP contribution in [0.5, 0.6) is 0 Å². The molecular weight excluding hydrogens is 288 g/mol. The molecule has 1 fully saturated rings. The van der Waals surface area contributed by atoms with Gasteiger partial charge in [0.05, 0.1) is 12.2 Å². The average molecular weight is 310 g/mol. The van der Waals surface area contributed by atoms with Gasteiger partial charge in [-0.15, -0.1) is 5.10 Å². The second-order valence-corrected chi connectivity index (χ2v) is 6.44. The minimum Gasteiger partial charge on any atom is -0.476 e. The number of carbonyl (C=O) groups is 2. The number of aromatic nitrogens is 3. The first-order chi connectivity index (χ1) is 10.3. The third-order valence-electron chi connectivity index (χ3n) is 3.45. The molecule has 2 heterocycles. The predicted molar refractivity (Wildman–Crippen MR) is 77.7 cm³/mol. The molecule has 1 aliphatic rings. The van der Waals surface area contributed by atoms with Gasteiger partial charge in [0, 0.05) is 13.1 Å². The van der Waals surface area contributed by atoms with Gasteiger partial charge in [0.2, 0.25) is 0 Å². The average Bonchev–Trinajstić information content (AvgIpc) is 2.75. The van der Waals surface area contributed by atoms with Gasteiger partial charge in [-0.1, -0.05) is 5.21 Å². The maximum atomic E-state index is 12.1. The van der Waals surface area contributed by atoms with Crippen LogP contribution in [0.2, 0.25) is 0 Å². The fourth-order valence-corrected chi connectivity index (χ4v) is 2.41. The largest absolute Gasteiger partial charge is 0.476 e. The van der Waals surface area contributed by atoms with Crippen molar-refractivity contribution >= 4 is 12.1 Å². The number of amides is 1. The zero-order valence-electron chi connectivity index (χ0n) is 13.2. The fourth-order valence-electron chi connectivity index (χ4n) is 2.41. The molecular formula is C14H22N4O4. The summed E-state index contributed by atoms with van der Waals surface area (Å²) in [6.07, 6.45) is 3.46. The molecule has 8 nitrogen and oxygen atoms in total. The molecule has 8 heteroatoms. The quantitative estimate of drug-likeness (QED) is 0.896.